The second kappa shape index (κ2) is 5.85. The summed E-state index contributed by atoms with van der Waals surface area (Å²) in [6.07, 6.45) is 5.39. The molecule has 1 aliphatic carbocycles. The minimum absolute atomic E-state index is 0.199. The third-order valence-electron chi connectivity index (χ3n) is 3.91. The first kappa shape index (κ1) is 13.6. The van der Waals surface area contributed by atoms with Gasteiger partial charge in [-0.1, -0.05) is 12.1 Å². The fourth-order valence-electron chi connectivity index (χ4n) is 2.55. The van der Waals surface area contributed by atoms with Crippen molar-refractivity contribution in [3.8, 4) is 6.07 Å². The standard InChI is InChI=1S/C16H17FN2/c1-19-16(8-4-9-16)12-13-6-7-14(15(17)11-13)5-2-3-10-18/h6-7,11H,2-5,8-9,12H2. The highest BCUT2D eigenvalue weighted by atomic mass is 19.1. The van der Waals surface area contributed by atoms with Crippen LogP contribution < -0.4 is 0 Å². The van der Waals surface area contributed by atoms with Gasteiger partial charge in [0.2, 0.25) is 5.54 Å². The molecule has 98 valence electrons. The first-order chi connectivity index (χ1) is 9.19. The van der Waals surface area contributed by atoms with E-state index in [0.29, 0.717) is 31.2 Å². The van der Waals surface area contributed by atoms with Crippen molar-refractivity contribution in [2.75, 3.05) is 0 Å². The van der Waals surface area contributed by atoms with E-state index in [1.54, 1.807) is 12.1 Å². The van der Waals surface area contributed by atoms with Gasteiger partial charge < -0.3 is 4.85 Å². The van der Waals surface area contributed by atoms with Crippen LogP contribution in [0.15, 0.2) is 18.2 Å². The number of nitrogens with zero attached hydrogens (tertiary/aromatic N) is 2. The van der Waals surface area contributed by atoms with Gasteiger partial charge in [-0.15, -0.1) is 0 Å². The molecule has 0 bridgehead atoms. The normalized spacial score (nSPS) is 16.2. The molecule has 0 heterocycles. The van der Waals surface area contributed by atoms with Gasteiger partial charge in [-0.3, -0.25) is 0 Å². The van der Waals surface area contributed by atoms with Gasteiger partial charge in [0, 0.05) is 19.3 Å². The zero-order chi connectivity index (χ0) is 13.7. The van der Waals surface area contributed by atoms with Crippen LogP contribution in [0.2, 0.25) is 0 Å². The van der Waals surface area contributed by atoms with Gasteiger partial charge in [0.1, 0.15) is 5.82 Å². The lowest BCUT2D eigenvalue weighted by molar-refractivity contribution is 0.301. The smallest absolute Gasteiger partial charge is 0.236 e. The largest absolute Gasteiger partial charge is 0.310 e. The summed E-state index contributed by atoms with van der Waals surface area (Å²) < 4.78 is 13.9. The number of benzene rings is 1. The van der Waals surface area contributed by atoms with E-state index >= 15 is 0 Å². The van der Waals surface area contributed by atoms with Gasteiger partial charge in [-0.05, 0) is 36.5 Å². The summed E-state index contributed by atoms with van der Waals surface area (Å²) in [7, 11) is 0. The van der Waals surface area contributed by atoms with Crippen molar-refractivity contribution in [2.45, 2.75) is 50.5 Å². The molecule has 2 rings (SSSR count). The molecular formula is C16H17FN2. The third-order valence-corrected chi connectivity index (χ3v) is 3.91. The molecule has 0 spiro atoms. The predicted molar refractivity (Wildman–Crippen MR) is 71.8 cm³/mol. The molecule has 0 N–H and O–H groups in total. The Bertz CT molecular complexity index is 533. The first-order valence-corrected chi connectivity index (χ1v) is 6.72. The Labute approximate surface area is 113 Å². The van der Waals surface area contributed by atoms with Crippen molar-refractivity contribution in [3.05, 3.63) is 46.6 Å². The third kappa shape index (κ3) is 3.12. The van der Waals surface area contributed by atoms with Crippen LogP contribution in [0.1, 0.15) is 43.2 Å². The Morgan fingerprint density at radius 1 is 1.42 bits per heavy atom. The molecule has 0 saturated heterocycles. The maximum absolute atomic E-state index is 13.9. The molecule has 1 fully saturated rings. The molecule has 0 radical (unpaired) electrons. The fourth-order valence-corrected chi connectivity index (χ4v) is 2.55. The monoisotopic (exact) mass is 256 g/mol. The van der Waals surface area contributed by atoms with Crippen molar-refractivity contribution in [2.24, 2.45) is 0 Å². The number of nitriles is 1. The lowest BCUT2D eigenvalue weighted by atomic mass is 9.73. The molecule has 0 aromatic heterocycles. The highest BCUT2D eigenvalue weighted by Gasteiger charge is 2.43. The van der Waals surface area contributed by atoms with Gasteiger partial charge in [0.15, 0.2) is 0 Å². The van der Waals surface area contributed by atoms with Crippen LogP contribution in [0.4, 0.5) is 4.39 Å². The summed E-state index contributed by atoms with van der Waals surface area (Å²) in [5.74, 6) is -0.199. The molecule has 0 aliphatic heterocycles. The Morgan fingerprint density at radius 2 is 2.21 bits per heavy atom. The second-order valence-corrected chi connectivity index (χ2v) is 5.30. The van der Waals surface area contributed by atoms with Gasteiger partial charge in [0.05, 0.1) is 12.5 Å². The van der Waals surface area contributed by atoms with Crippen LogP contribution in [-0.2, 0) is 12.8 Å². The summed E-state index contributed by atoms with van der Waals surface area (Å²) in [5, 5.41) is 8.47. The SMILES string of the molecule is [C-]#[N+]C1(Cc2ccc(CCCC#N)c(F)c2)CCC1. The van der Waals surface area contributed by atoms with Crippen molar-refractivity contribution in [3.63, 3.8) is 0 Å². The summed E-state index contributed by atoms with van der Waals surface area (Å²) in [5.41, 5.74) is 1.32. The van der Waals surface area contributed by atoms with E-state index in [4.69, 9.17) is 11.8 Å². The molecule has 3 heteroatoms. The first-order valence-electron chi connectivity index (χ1n) is 6.72. The number of halogens is 1. The van der Waals surface area contributed by atoms with E-state index in [1.165, 1.54) is 0 Å². The molecule has 2 nitrogen and oxygen atoms in total. The maximum atomic E-state index is 13.9. The molecular weight excluding hydrogens is 239 g/mol. The number of hydrogen-bond acceptors (Lipinski definition) is 1. The van der Waals surface area contributed by atoms with Crippen LogP contribution in [0.5, 0.6) is 0 Å². The zero-order valence-electron chi connectivity index (χ0n) is 11.0. The minimum atomic E-state index is -0.269. The van der Waals surface area contributed by atoms with Gasteiger partial charge >= 0.3 is 0 Å². The van der Waals surface area contributed by atoms with Gasteiger partial charge in [-0.2, -0.15) is 5.26 Å². The number of hydrogen-bond donors (Lipinski definition) is 0. The summed E-state index contributed by atoms with van der Waals surface area (Å²) in [4.78, 5) is 3.72. The average molecular weight is 256 g/mol. The maximum Gasteiger partial charge on any atom is 0.236 e. The summed E-state index contributed by atoms with van der Waals surface area (Å²) >= 11 is 0. The van der Waals surface area contributed by atoms with E-state index in [2.05, 4.69) is 10.9 Å². The second-order valence-electron chi connectivity index (χ2n) is 5.30. The number of unbranched alkanes of at least 4 members (excludes halogenated alkanes) is 1. The Kier molecular flexibility index (Phi) is 4.17. The van der Waals surface area contributed by atoms with Crippen LogP contribution in [0.3, 0.4) is 0 Å². The van der Waals surface area contributed by atoms with Gasteiger partial charge in [0.25, 0.3) is 0 Å². The van der Waals surface area contributed by atoms with Crippen molar-refractivity contribution in [1.82, 2.24) is 0 Å². The van der Waals surface area contributed by atoms with Crippen molar-refractivity contribution >= 4 is 0 Å². The quantitative estimate of drug-likeness (QED) is 0.577. The Morgan fingerprint density at radius 3 is 2.74 bits per heavy atom. The van der Waals surface area contributed by atoms with Crippen LogP contribution in [-0.4, -0.2) is 5.54 Å². The molecule has 0 unspecified atom stereocenters. The highest BCUT2D eigenvalue weighted by Crippen LogP contribution is 2.38. The summed E-state index contributed by atoms with van der Waals surface area (Å²) in [6.45, 7) is 7.27. The molecule has 1 aliphatic rings. The highest BCUT2D eigenvalue weighted by molar-refractivity contribution is 5.28. The van der Waals surface area contributed by atoms with Crippen LogP contribution in [0, 0.1) is 23.7 Å². The summed E-state index contributed by atoms with van der Waals surface area (Å²) in [6, 6.07) is 7.36. The Hall–Kier alpha value is -1.87. The topological polar surface area (TPSA) is 28.1 Å². The molecule has 1 saturated carbocycles. The number of rotatable bonds is 5. The predicted octanol–water partition coefficient (Wildman–Crippen LogP) is 4.06. The minimum Gasteiger partial charge on any atom is -0.310 e. The van der Waals surface area contributed by atoms with E-state index in [-0.39, 0.29) is 11.4 Å². The van der Waals surface area contributed by atoms with E-state index in [9.17, 15) is 4.39 Å². The molecule has 0 amide bonds. The molecule has 19 heavy (non-hydrogen) atoms. The lowest BCUT2D eigenvalue weighted by Gasteiger charge is -2.30. The molecule has 1 aromatic rings. The van der Waals surface area contributed by atoms with Gasteiger partial charge in [-0.25, -0.2) is 11.0 Å². The van der Waals surface area contributed by atoms with Crippen molar-refractivity contribution < 1.29 is 4.39 Å². The molecule has 1 aromatic carbocycles. The van der Waals surface area contributed by atoms with E-state index in [0.717, 1.165) is 24.8 Å². The molecule has 0 atom stereocenters. The zero-order valence-corrected chi connectivity index (χ0v) is 11.0. The Balaban J connectivity index is 2.03. The average Bonchev–Trinajstić information content (AvgIpc) is 2.36. The van der Waals surface area contributed by atoms with E-state index in [1.807, 2.05) is 6.07 Å². The number of aryl methyl sites for hydroxylation is 1. The lowest BCUT2D eigenvalue weighted by Crippen LogP contribution is -2.35. The fraction of sp³-hybridized carbons (Fsp3) is 0.500. The van der Waals surface area contributed by atoms with Crippen LogP contribution in [0.25, 0.3) is 4.85 Å². The van der Waals surface area contributed by atoms with Crippen LogP contribution >= 0.6 is 0 Å². The van der Waals surface area contributed by atoms with E-state index < -0.39 is 0 Å². The van der Waals surface area contributed by atoms with Crippen molar-refractivity contribution in [1.29, 1.82) is 5.26 Å².